The largest absolute Gasteiger partial charge is 0.489 e. The van der Waals surface area contributed by atoms with Gasteiger partial charge >= 0.3 is 5.97 Å². The Labute approximate surface area is 222 Å². The molecule has 1 fully saturated rings. The van der Waals surface area contributed by atoms with Gasteiger partial charge in [-0.3, -0.25) is 4.79 Å². The van der Waals surface area contributed by atoms with E-state index in [0.717, 1.165) is 16.7 Å². The van der Waals surface area contributed by atoms with Gasteiger partial charge < -0.3 is 24.6 Å². The van der Waals surface area contributed by atoms with E-state index in [1.807, 2.05) is 78.9 Å². The van der Waals surface area contributed by atoms with Crippen LogP contribution in [0.3, 0.4) is 0 Å². The van der Waals surface area contributed by atoms with Crippen LogP contribution in [0.15, 0.2) is 78.9 Å². The summed E-state index contributed by atoms with van der Waals surface area (Å²) in [6.45, 7) is 0.529. The number of fused-ring (bicyclic) bond motifs is 1. The highest BCUT2D eigenvalue weighted by Gasteiger charge is 2.40. The minimum absolute atomic E-state index is 0.151. The number of ether oxygens (including phenoxy) is 2. The smallest absolute Gasteiger partial charge is 0.326 e. The molecule has 0 radical (unpaired) electrons. The van der Waals surface area contributed by atoms with E-state index in [1.165, 1.54) is 4.90 Å². The molecule has 1 unspecified atom stereocenters. The minimum Gasteiger partial charge on any atom is -0.489 e. The summed E-state index contributed by atoms with van der Waals surface area (Å²) in [5.41, 5.74) is 3.40. The van der Waals surface area contributed by atoms with Gasteiger partial charge in [0, 0.05) is 18.5 Å². The van der Waals surface area contributed by atoms with Crippen molar-refractivity contribution in [2.75, 3.05) is 0 Å². The molecule has 0 spiro atoms. The third-order valence-corrected chi connectivity index (χ3v) is 7.45. The molecule has 2 atom stereocenters. The lowest BCUT2D eigenvalue weighted by Gasteiger charge is -2.38. The van der Waals surface area contributed by atoms with E-state index >= 15 is 0 Å². The molecule has 5 rings (SSSR count). The normalized spacial score (nSPS) is 21.8. The van der Waals surface area contributed by atoms with Gasteiger partial charge in [0.1, 0.15) is 18.4 Å². The number of nitrogens with zero attached hydrogens (tertiary/aromatic N) is 1. The molecule has 0 bridgehead atoms. The zero-order chi connectivity index (χ0) is 26.5. The van der Waals surface area contributed by atoms with Gasteiger partial charge in [0.25, 0.3) is 5.91 Å². The van der Waals surface area contributed by atoms with Crippen LogP contribution < -0.4 is 4.74 Å². The molecule has 7 heteroatoms. The van der Waals surface area contributed by atoms with Gasteiger partial charge in [-0.1, -0.05) is 72.8 Å². The third-order valence-electron chi connectivity index (χ3n) is 7.45. The number of aliphatic hydroxyl groups excluding tert-OH is 1. The number of hydrogen-bond acceptors (Lipinski definition) is 5. The lowest BCUT2D eigenvalue weighted by molar-refractivity contribution is -0.161. The Balaban J connectivity index is 1.40. The van der Waals surface area contributed by atoms with Crippen LogP contribution in [-0.2, 0) is 33.9 Å². The molecule has 0 aromatic heterocycles. The standard InChI is InChI=1S/C31H33NO6/c33-24-14-16-25(17-15-24)38-29(22-10-5-2-6-11-22)30(34)32-19-23-12-7-13-28(26(23)18-27(32)31(35)36)37-20-21-8-3-1-4-9-21/h1-13,24-25,27,29,33H,14-20H2,(H,35,36)/t24-,25+,27-,29?/m1/s1. The Morgan fingerprint density at radius 1 is 0.895 bits per heavy atom. The second-order valence-corrected chi connectivity index (χ2v) is 10.0. The van der Waals surface area contributed by atoms with Crippen LogP contribution in [0, 0.1) is 0 Å². The number of carbonyl (C=O) groups excluding carboxylic acids is 1. The van der Waals surface area contributed by atoms with Crippen LogP contribution in [0.1, 0.15) is 54.0 Å². The molecule has 2 N–H and O–H groups in total. The predicted octanol–water partition coefficient (Wildman–Crippen LogP) is 4.66. The highest BCUT2D eigenvalue weighted by Crippen LogP contribution is 2.35. The fourth-order valence-corrected chi connectivity index (χ4v) is 5.34. The third kappa shape index (κ3) is 5.90. The SMILES string of the molecule is O=C(O)[C@H]1Cc2c(cccc2OCc2ccccc2)CN1C(=O)C(O[C@H]1CC[C@@H](O)CC1)c1ccccc1. The first-order valence-electron chi connectivity index (χ1n) is 13.2. The molecule has 1 amide bonds. The van der Waals surface area contributed by atoms with Crippen LogP contribution in [0.5, 0.6) is 5.75 Å². The Bertz CT molecular complexity index is 1240. The van der Waals surface area contributed by atoms with Crippen LogP contribution in [0.4, 0.5) is 0 Å². The number of rotatable bonds is 8. The first kappa shape index (κ1) is 25.9. The lowest BCUT2D eigenvalue weighted by atomic mass is 9.91. The maximum absolute atomic E-state index is 14.0. The van der Waals surface area contributed by atoms with Crippen molar-refractivity contribution in [3.63, 3.8) is 0 Å². The molecule has 3 aromatic rings. The van der Waals surface area contributed by atoms with Crippen molar-refractivity contribution in [1.29, 1.82) is 0 Å². The highest BCUT2D eigenvalue weighted by molar-refractivity contribution is 5.88. The summed E-state index contributed by atoms with van der Waals surface area (Å²) in [5, 5.41) is 20.1. The van der Waals surface area contributed by atoms with Crippen molar-refractivity contribution in [3.8, 4) is 5.75 Å². The number of carbonyl (C=O) groups is 2. The fraction of sp³-hybridized carbons (Fsp3) is 0.355. The number of amides is 1. The molecule has 198 valence electrons. The molecule has 38 heavy (non-hydrogen) atoms. The summed E-state index contributed by atoms with van der Waals surface area (Å²) in [6.07, 6.45) is 1.29. The van der Waals surface area contributed by atoms with E-state index in [-0.39, 0.29) is 31.1 Å². The molecule has 3 aromatic carbocycles. The minimum atomic E-state index is -1.06. The Hall–Kier alpha value is -3.68. The Morgan fingerprint density at radius 3 is 2.26 bits per heavy atom. The summed E-state index contributed by atoms with van der Waals surface area (Å²) in [6, 6.07) is 23.6. The summed E-state index contributed by atoms with van der Waals surface area (Å²) in [7, 11) is 0. The first-order chi connectivity index (χ1) is 18.5. The molecule has 1 aliphatic carbocycles. The van der Waals surface area contributed by atoms with E-state index in [4.69, 9.17) is 9.47 Å². The van der Waals surface area contributed by atoms with Crippen LogP contribution >= 0.6 is 0 Å². The van der Waals surface area contributed by atoms with E-state index in [9.17, 15) is 19.8 Å². The van der Waals surface area contributed by atoms with E-state index in [0.29, 0.717) is 43.6 Å². The van der Waals surface area contributed by atoms with Crippen molar-refractivity contribution >= 4 is 11.9 Å². The average Bonchev–Trinajstić information content (AvgIpc) is 2.95. The van der Waals surface area contributed by atoms with Crippen molar-refractivity contribution in [1.82, 2.24) is 4.90 Å². The van der Waals surface area contributed by atoms with Crippen molar-refractivity contribution < 1.29 is 29.3 Å². The average molecular weight is 516 g/mol. The van der Waals surface area contributed by atoms with Gasteiger partial charge in [-0.15, -0.1) is 0 Å². The number of aliphatic hydroxyl groups is 1. The number of carboxylic acid groups (broad SMARTS) is 1. The predicted molar refractivity (Wildman–Crippen MR) is 141 cm³/mol. The van der Waals surface area contributed by atoms with Gasteiger partial charge in [0.15, 0.2) is 6.10 Å². The topological polar surface area (TPSA) is 96.3 Å². The van der Waals surface area contributed by atoms with Gasteiger partial charge in [-0.25, -0.2) is 4.79 Å². The maximum Gasteiger partial charge on any atom is 0.326 e. The van der Waals surface area contributed by atoms with Crippen LogP contribution in [-0.4, -0.2) is 45.2 Å². The Morgan fingerprint density at radius 2 is 1.58 bits per heavy atom. The molecule has 2 aliphatic rings. The zero-order valence-electron chi connectivity index (χ0n) is 21.2. The summed E-state index contributed by atoms with van der Waals surface area (Å²) < 4.78 is 12.4. The molecular formula is C31H33NO6. The monoisotopic (exact) mass is 515 g/mol. The molecule has 7 nitrogen and oxygen atoms in total. The maximum atomic E-state index is 14.0. The van der Waals surface area contributed by atoms with E-state index in [2.05, 4.69) is 0 Å². The summed E-state index contributed by atoms with van der Waals surface area (Å²) >= 11 is 0. The zero-order valence-corrected chi connectivity index (χ0v) is 21.2. The molecule has 1 saturated carbocycles. The quantitative estimate of drug-likeness (QED) is 0.453. The number of hydrogen-bond donors (Lipinski definition) is 2. The fourth-order valence-electron chi connectivity index (χ4n) is 5.34. The summed E-state index contributed by atoms with van der Waals surface area (Å²) in [4.78, 5) is 27.9. The molecular weight excluding hydrogens is 482 g/mol. The van der Waals surface area contributed by atoms with Gasteiger partial charge in [0.05, 0.1) is 12.2 Å². The number of benzene rings is 3. The van der Waals surface area contributed by atoms with E-state index < -0.39 is 18.1 Å². The second kappa shape index (κ2) is 11.8. The Kier molecular flexibility index (Phi) is 8.05. The van der Waals surface area contributed by atoms with Gasteiger partial charge in [-0.2, -0.15) is 0 Å². The molecule has 0 saturated heterocycles. The van der Waals surface area contributed by atoms with Crippen LogP contribution in [0.25, 0.3) is 0 Å². The number of aliphatic carboxylic acids is 1. The molecule has 1 heterocycles. The van der Waals surface area contributed by atoms with Crippen LogP contribution in [0.2, 0.25) is 0 Å². The summed E-state index contributed by atoms with van der Waals surface area (Å²) in [5.74, 6) is -0.785. The van der Waals surface area contributed by atoms with Gasteiger partial charge in [-0.05, 0) is 48.4 Å². The first-order valence-corrected chi connectivity index (χ1v) is 13.2. The highest BCUT2D eigenvalue weighted by atomic mass is 16.5. The van der Waals surface area contributed by atoms with Crippen molar-refractivity contribution in [2.45, 2.75) is 69.6 Å². The lowest BCUT2D eigenvalue weighted by Crippen LogP contribution is -2.51. The molecule has 1 aliphatic heterocycles. The van der Waals surface area contributed by atoms with Crippen molar-refractivity contribution in [3.05, 3.63) is 101 Å². The van der Waals surface area contributed by atoms with Crippen molar-refractivity contribution in [2.24, 2.45) is 0 Å². The van der Waals surface area contributed by atoms with E-state index in [1.54, 1.807) is 0 Å². The second-order valence-electron chi connectivity index (χ2n) is 10.0. The van der Waals surface area contributed by atoms with Gasteiger partial charge in [0.2, 0.25) is 0 Å². The number of carboxylic acids is 1.